The van der Waals surface area contributed by atoms with Gasteiger partial charge in [-0.3, -0.25) is 0 Å². The Labute approximate surface area is 116 Å². The number of amides is 2. The van der Waals surface area contributed by atoms with E-state index in [2.05, 4.69) is 5.32 Å². The molecule has 1 rings (SSSR count). The van der Waals surface area contributed by atoms with E-state index in [-0.39, 0.29) is 13.1 Å². The number of nitrogens with zero attached hydrogens (tertiary/aromatic N) is 1. The quantitative estimate of drug-likeness (QED) is 0.754. The molecular weight excluding hydrogens is 277 g/mol. The van der Waals surface area contributed by atoms with Gasteiger partial charge in [-0.2, -0.15) is 13.2 Å². The van der Waals surface area contributed by atoms with Crippen LogP contribution >= 0.6 is 0 Å². The zero-order valence-corrected chi connectivity index (χ0v) is 11.7. The molecule has 1 aliphatic heterocycles. The van der Waals surface area contributed by atoms with Crippen LogP contribution in [0.3, 0.4) is 0 Å². The standard InChI is InChI=1S/C12H21F3N2O3/c1-9(2)7-20-6-4-16-10(18)17-5-3-11(19,8-17)12(13,14)15/h9,19H,3-8H2,1-2H3,(H,16,18). The molecule has 0 saturated carbocycles. The predicted molar refractivity (Wildman–Crippen MR) is 66.3 cm³/mol. The average molecular weight is 298 g/mol. The highest BCUT2D eigenvalue weighted by Crippen LogP contribution is 2.37. The lowest BCUT2D eigenvalue weighted by Crippen LogP contribution is -2.49. The summed E-state index contributed by atoms with van der Waals surface area (Å²) in [7, 11) is 0. The van der Waals surface area contributed by atoms with Gasteiger partial charge in [0.05, 0.1) is 13.2 Å². The van der Waals surface area contributed by atoms with Crippen molar-refractivity contribution in [3.63, 3.8) is 0 Å². The first kappa shape index (κ1) is 17.0. The molecule has 5 nitrogen and oxygen atoms in total. The third-order valence-electron chi connectivity index (χ3n) is 3.04. The third-order valence-corrected chi connectivity index (χ3v) is 3.04. The van der Waals surface area contributed by atoms with Crippen molar-refractivity contribution in [2.24, 2.45) is 5.92 Å². The molecule has 1 fully saturated rings. The molecule has 2 amide bonds. The van der Waals surface area contributed by atoms with Gasteiger partial charge in [0.2, 0.25) is 0 Å². The number of carbonyl (C=O) groups excluding carboxylic acids is 1. The van der Waals surface area contributed by atoms with Crippen LogP contribution in [0.5, 0.6) is 0 Å². The molecule has 1 saturated heterocycles. The second kappa shape index (κ2) is 6.62. The summed E-state index contributed by atoms with van der Waals surface area (Å²) in [6.45, 7) is 4.23. The maximum absolute atomic E-state index is 12.6. The maximum atomic E-state index is 12.6. The second-order valence-electron chi connectivity index (χ2n) is 5.40. The van der Waals surface area contributed by atoms with Crippen molar-refractivity contribution in [3.8, 4) is 0 Å². The third kappa shape index (κ3) is 4.52. The molecule has 1 atom stereocenters. The van der Waals surface area contributed by atoms with Gasteiger partial charge in [0.15, 0.2) is 5.60 Å². The minimum atomic E-state index is -4.72. The van der Waals surface area contributed by atoms with Crippen molar-refractivity contribution in [1.82, 2.24) is 10.2 Å². The lowest BCUT2D eigenvalue weighted by Gasteiger charge is -2.25. The van der Waals surface area contributed by atoms with Crippen molar-refractivity contribution in [2.45, 2.75) is 32.0 Å². The van der Waals surface area contributed by atoms with Crippen LogP contribution in [0, 0.1) is 5.92 Å². The number of carbonyl (C=O) groups is 1. The fourth-order valence-electron chi connectivity index (χ4n) is 1.86. The van der Waals surface area contributed by atoms with Crippen LogP contribution in [0.15, 0.2) is 0 Å². The summed E-state index contributed by atoms with van der Waals surface area (Å²) in [6, 6.07) is -0.613. The maximum Gasteiger partial charge on any atom is 0.419 e. The highest BCUT2D eigenvalue weighted by atomic mass is 19.4. The van der Waals surface area contributed by atoms with E-state index in [1.165, 1.54) is 0 Å². The Hall–Kier alpha value is -1.02. The smallest absolute Gasteiger partial charge is 0.379 e. The van der Waals surface area contributed by atoms with Gasteiger partial charge in [-0.05, 0) is 5.92 Å². The first-order valence-electron chi connectivity index (χ1n) is 6.55. The lowest BCUT2D eigenvalue weighted by molar-refractivity contribution is -0.253. The van der Waals surface area contributed by atoms with E-state index >= 15 is 0 Å². The minimum absolute atomic E-state index is 0.116. The van der Waals surface area contributed by atoms with Crippen molar-refractivity contribution in [1.29, 1.82) is 0 Å². The van der Waals surface area contributed by atoms with Crippen molar-refractivity contribution >= 4 is 6.03 Å². The van der Waals surface area contributed by atoms with E-state index in [4.69, 9.17) is 4.74 Å². The Morgan fingerprint density at radius 1 is 1.50 bits per heavy atom. The fraction of sp³-hybridized carbons (Fsp3) is 0.917. The number of β-amino-alcohol motifs (C(OH)–C–C–N with tert-alkyl or cyclic N) is 1. The van der Waals surface area contributed by atoms with Gasteiger partial charge in [0.1, 0.15) is 0 Å². The van der Waals surface area contributed by atoms with E-state index in [0.717, 1.165) is 4.90 Å². The number of nitrogens with one attached hydrogen (secondary N) is 1. The van der Waals surface area contributed by atoms with Gasteiger partial charge in [0, 0.05) is 26.1 Å². The molecule has 0 aromatic carbocycles. The zero-order chi connectivity index (χ0) is 15.4. The number of ether oxygens (including phenoxy) is 1. The zero-order valence-electron chi connectivity index (χ0n) is 11.7. The van der Waals surface area contributed by atoms with Crippen LogP contribution in [-0.2, 0) is 4.74 Å². The van der Waals surface area contributed by atoms with E-state index in [1.807, 2.05) is 13.8 Å². The molecule has 1 heterocycles. The molecule has 20 heavy (non-hydrogen) atoms. The van der Waals surface area contributed by atoms with Crippen molar-refractivity contribution in [2.75, 3.05) is 32.8 Å². The van der Waals surface area contributed by atoms with Gasteiger partial charge < -0.3 is 20.1 Å². The molecule has 0 aliphatic carbocycles. The number of aliphatic hydroxyl groups is 1. The van der Waals surface area contributed by atoms with Crippen LogP contribution in [0.25, 0.3) is 0 Å². The number of hydrogen-bond acceptors (Lipinski definition) is 3. The Bertz CT molecular complexity index is 336. The minimum Gasteiger partial charge on any atom is -0.379 e. The Morgan fingerprint density at radius 3 is 2.65 bits per heavy atom. The van der Waals surface area contributed by atoms with Crippen LogP contribution in [-0.4, -0.2) is 60.7 Å². The molecule has 1 unspecified atom stereocenters. The number of alkyl halides is 3. The molecule has 0 bridgehead atoms. The van der Waals surface area contributed by atoms with Crippen LogP contribution in [0.1, 0.15) is 20.3 Å². The molecule has 1 aliphatic rings. The highest BCUT2D eigenvalue weighted by molar-refractivity contribution is 5.74. The van der Waals surface area contributed by atoms with Crippen molar-refractivity contribution in [3.05, 3.63) is 0 Å². The summed E-state index contributed by atoms with van der Waals surface area (Å²) < 4.78 is 43.0. The Kier molecular flexibility index (Phi) is 5.64. The predicted octanol–water partition coefficient (Wildman–Crippen LogP) is 1.37. The molecule has 2 N–H and O–H groups in total. The van der Waals surface area contributed by atoms with E-state index in [9.17, 15) is 23.1 Å². The fourth-order valence-corrected chi connectivity index (χ4v) is 1.86. The summed E-state index contributed by atoms with van der Waals surface area (Å²) in [4.78, 5) is 12.6. The summed E-state index contributed by atoms with van der Waals surface area (Å²) >= 11 is 0. The normalized spacial score (nSPS) is 23.4. The van der Waals surface area contributed by atoms with E-state index < -0.39 is 30.8 Å². The van der Waals surface area contributed by atoms with Crippen LogP contribution in [0.4, 0.5) is 18.0 Å². The summed E-state index contributed by atoms with van der Waals surface area (Å²) in [5, 5.41) is 11.9. The highest BCUT2D eigenvalue weighted by Gasteiger charge is 2.57. The van der Waals surface area contributed by atoms with Crippen LogP contribution in [0.2, 0.25) is 0 Å². The molecule has 0 aromatic heterocycles. The number of rotatable bonds is 5. The summed E-state index contributed by atoms with van der Waals surface area (Å²) in [5.41, 5.74) is -2.79. The average Bonchev–Trinajstić information content (AvgIpc) is 2.71. The molecule has 8 heteroatoms. The van der Waals surface area contributed by atoms with Gasteiger partial charge in [-0.25, -0.2) is 4.79 Å². The molecular formula is C12H21F3N2O3. The summed E-state index contributed by atoms with van der Waals surface area (Å²) in [5.74, 6) is 0.381. The number of urea groups is 1. The number of likely N-dealkylation sites (tertiary alicyclic amines) is 1. The molecule has 0 spiro atoms. The first-order chi connectivity index (χ1) is 9.16. The van der Waals surface area contributed by atoms with Crippen molar-refractivity contribution < 1.29 is 27.8 Å². The van der Waals surface area contributed by atoms with E-state index in [0.29, 0.717) is 19.1 Å². The Morgan fingerprint density at radius 2 is 2.15 bits per heavy atom. The van der Waals surface area contributed by atoms with Gasteiger partial charge >= 0.3 is 12.2 Å². The second-order valence-corrected chi connectivity index (χ2v) is 5.40. The Balaban J connectivity index is 2.29. The molecule has 0 radical (unpaired) electrons. The van der Waals surface area contributed by atoms with Gasteiger partial charge in [-0.15, -0.1) is 0 Å². The van der Waals surface area contributed by atoms with Gasteiger partial charge in [-0.1, -0.05) is 13.8 Å². The van der Waals surface area contributed by atoms with Crippen LogP contribution < -0.4 is 5.32 Å². The van der Waals surface area contributed by atoms with E-state index in [1.54, 1.807) is 0 Å². The molecule has 0 aromatic rings. The number of halogens is 3. The first-order valence-corrected chi connectivity index (χ1v) is 6.55. The number of hydrogen-bond donors (Lipinski definition) is 2. The lowest BCUT2D eigenvalue weighted by atomic mass is 10.0. The topological polar surface area (TPSA) is 61.8 Å². The molecule has 118 valence electrons. The monoisotopic (exact) mass is 298 g/mol. The summed E-state index contributed by atoms with van der Waals surface area (Å²) in [6.07, 6.45) is -5.21. The largest absolute Gasteiger partial charge is 0.419 e. The SMILES string of the molecule is CC(C)COCCNC(=O)N1CCC(O)(C(F)(F)F)C1. The van der Waals surface area contributed by atoms with Gasteiger partial charge in [0.25, 0.3) is 0 Å².